The monoisotopic (exact) mass is 377 g/mol. The molecule has 0 spiro atoms. The van der Waals surface area contributed by atoms with Crippen LogP contribution in [-0.2, 0) is 12.8 Å². The number of nitrogens with two attached hydrogens (primary N) is 1. The Morgan fingerprint density at radius 2 is 1.96 bits per heavy atom. The summed E-state index contributed by atoms with van der Waals surface area (Å²) in [7, 11) is 0. The number of anilines is 1. The average molecular weight is 378 g/mol. The maximum Gasteiger partial charge on any atom is 0.158 e. The van der Waals surface area contributed by atoms with E-state index in [9.17, 15) is 0 Å². The van der Waals surface area contributed by atoms with Crippen LogP contribution in [0.1, 0.15) is 16.0 Å². The molecule has 5 nitrogen and oxygen atoms in total. The molecule has 0 aliphatic heterocycles. The van der Waals surface area contributed by atoms with E-state index in [4.69, 9.17) is 10.7 Å². The van der Waals surface area contributed by atoms with Gasteiger partial charge >= 0.3 is 0 Å². The number of pyridine rings is 1. The molecule has 0 fully saturated rings. The van der Waals surface area contributed by atoms with Crippen molar-refractivity contribution >= 4 is 28.2 Å². The molecule has 0 amide bonds. The second-order valence-corrected chi connectivity index (χ2v) is 7.68. The van der Waals surface area contributed by atoms with E-state index < -0.39 is 0 Å². The molecule has 0 radical (unpaired) electrons. The van der Waals surface area contributed by atoms with Crippen LogP contribution < -0.4 is 11.1 Å². The largest absolute Gasteiger partial charge is 0.382 e. The van der Waals surface area contributed by atoms with Gasteiger partial charge in [-0.15, -0.1) is 11.3 Å². The van der Waals surface area contributed by atoms with Gasteiger partial charge in [-0.3, -0.25) is 5.10 Å². The maximum absolute atomic E-state index is 6.09. The Morgan fingerprint density at radius 3 is 2.78 bits per heavy atom. The zero-order chi connectivity index (χ0) is 18.6. The Balaban J connectivity index is 1.53. The van der Waals surface area contributed by atoms with E-state index in [1.807, 2.05) is 12.1 Å². The van der Waals surface area contributed by atoms with Crippen molar-refractivity contribution in [3.05, 3.63) is 63.8 Å². The highest BCUT2D eigenvalue weighted by atomic mass is 32.1. The van der Waals surface area contributed by atoms with Crippen molar-refractivity contribution in [2.75, 3.05) is 18.8 Å². The van der Waals surface area contributed by atoms with Crippen LogP contribution in [0.5, 0.6) is 0 Å². The van der Waals surface area contributed by atoms with Crippen LogP contribution in [0.15, 0.2) is 47.8 Å². The number of nitrogens with zero attached hydrogens (tertiary/aromatic N) is 2. The first kappa shape index (κ1) is 17.7. The number of aromatic amines is 1. The molecule has 0 aliphatic rings. The first-order valence-electron chi connectivity index (χ1n) is 9.15. The van der Waals surface area contributed by atoms with Gasteiger partial charge < -0.3 is 11.1 Å². The molecule has 0 unspecified atom stereocenters. The SMILES string of the molecule is Cc1ccccc1-c1cc(CCNCCc2cccs2)c2c(N)n[nH]c2n1. The Labute approximate surface area is 162 Å². The molecule has 6 heteroatoms. The van der Waals surface area contributed by atoms with Crippen molar-refractivity contribution in [3.63, 3.8) is 0 Å². The number of hydrogen-bond acceptors (Lipinski definition) is 5. The van der Waals surface area contributed by atoms with E-state index >= 15 is 0 Å². The summed E-state index contributed by atoms with van der Waals surface area (Å²) in [5.74, 6) is 0.516. The normalized spacial score (nSPS) is 11.3. The molecule has 0 atom stereocenters. The summed E-state index contributed by atoms with van der Waals surface area (Å²) in [6.45, 7) is 3.97. The van der Waals surface area contributed by atoms with Gasteiger partial charge in [-0.1, -0.05) is 30.3 Å². The minimum Gasteiger partial charge on any atom is -0.382 e. The summed E-state index contributed by atoms with van der Waals surface area (Å²) in [4.78, 5) is 6.16. The molecule has 4 rings (SSSR count). The molecular weight excluding hydrogens is 354 g/mol. The molecule has 3 heterocycles. The molecule has 27 heavy (non-hydrogen) atoms. The topological polar surface area (TPSA) is 79.6 Å². The van der Waals surface area contributed by atoms with Crippen LogP contribution in [0.2, 0.25) is 0 Å². The van der Waals surface area contributed by atoms with E-state index in [1.165, 1.54) is 16.0 Å². The molecule has 4 aromatic rings. The molecule has 3 aromatic heterocycles. The van der Waals surface area contributed by atoms with Gasteiger partial charge in [0.15, 0.2) is 11.5 Å². The third-order valence-electron chi connectivity index (χ3n) is 4.76. The van der Waals surface area contributed by atoms with Crippen LogP contribution in [0, 0.1) is 6.92 Å². The number of aromatic nitrogens is 3. The van der Waals surface area contributed by atoms with Crippen molar-refractivity contribution in [1.29, 1.82) is 0 Å². The van der Waals surface area contributed by atoms with E-state index in [2.05, 4.69) is 58.1 Å². The van der Waals surface area contributed by atoms with Crippen LogP contribution in [-0.4, -0.2) is 28.3 Å². The zero-order valence-electron chi connectivity index (χ0n) is 15.3. The molecule has 1 aromatic carbocycles. The number of nitrogen functional groups attached to an aromatic ring is 1. The molecule has 0 saturated heterocycles. The van der Waals surface area contributed by atoms with Crippen molar-refractivity contribution < 1.29 is 0 Å². The van der Waals surface area contributed by atoms with Gasteiger partial charge in [-0.2, -0.15) is 5.10 Å². The number of aryl methyl sites for hydroxylation is 1. The second kappa shape index (κ2) is 7.90. The fraction of sp³-hybridized carbons (Fsp3) is 0.238. The number of nitrogens with one attached hydrogen (secondary N) is 2. The summed E-state index contributed by atoms with van der Waals surface area (Å²) >= 11 is 1.81. The lowest BCUT2D eigenvalue weighted by molar-refractivity contribution is 0.686. The summed E-state index contributed by atoms with van der Waals surface area (Å²) in [6.07, 6.45) is 1.94. The summed E-state index contributed by atoms with van der Waals surface area (Å²) in [5, 5.41) is 13.7. The van der Waals surface area contributed by atoms with E-state index in [0.717, 1.165) is 48.2 Å². The molecule has 4 N–H and O–H groups in total. The van der Waals surface area contributed by atoms with Crippen molar-refractivity contribution in [1.82, 2.24) is 20.5 Å². The number of fused-ring (bicyclic) bond motifs is 1. The van der Waals surface area contributed by atoms with Gasteiger partial charge in [0.25, 0.3) is 0 Å². The standard InChI is InChI=1S/C21H23N5S/c1-14-5-2-3-7-17(14)18-13-15(19-20(22)25-26-21(19)24-18)8-10-23-11-9-16-6-4-12-27-16/h2-7,12-13,23H,8-11H2,1H3,(H3,22,24,25,26). The van der Waals surface area contributed by atoms with E-state index in [1.54, 1.807) is 11.3 Å². The van der Waals surface area contributed by atoms with Crippen LogP contribution in [0.25, 0.3) is 22.3 Å². The van der Waals surface area contributed by atoms with Crippen LogP contribution in [0.3, 0.4) is 0 Å². The molecular formula is C21H23N5S. The maximum atomic E-state index is 6.09. The highest BCUT2D eigenvalue weighted by molar-refractivity contribution is 7.09. The third kappa shape index (κ3) is 3.86. The second-order valence-electron chi connectivity index (χ2n) is 6.64. The third-order valence-corrected chi connectivity index (χ3v) is 5.70. The van der Waals surface area contributed by atoms with E-state index in [-0.39, 0.29) is 0 Å². The number of H-pyrrole nitrogens is 1. The summed E-state index contributed by atoms with van der Waals surface area (Å²) < 4.78 is 0. The van der Waals surface area contributed by atoms with Gasteiger partial charge in [0.1, 0.15) is 0 Å². The highest BCUT2D eigenvalue weighted by Crippen LogP contribution is 2.28. The van der Waals surface area contributed by atoms with Gasteiger partial charge in [-0.05, 0) is 61.5 Å². The fourth-order valence-corrected chi connectivity index (χ4v) is 4.05. The summed E-state index contributed by atoms with van der Waals surface area (Å²) in [6, 6.07) is 14.7. The molecule has 138 valence electrons. The minimum atomic E-state index is 0.516. The Hall–Kier alpha value is -2.70. The number of hydrogen-bond donors (Lipinski definition) is 3. The first-order chi connectivity index (χ1) is 13.2. The highest BCUT2D eigenvalue weighted by Gasteiger charge is 2.13. The predicted octanol–water partition coefficient (Wildman–Crippen LogP) is 3.95. The Kier molecular flexibility index (Phi) is 5.18. The lowest BCUT2D eigenvalue weighted by atomic mass is 10.0. The molecule has 0 bridgehead atoms. The lowest BCUT2D eigenvalue weighted by Crippen LogP contribution is -2.20. The predicted molar refractivity (Wildman–Crippen MR) is 113 cm³/mol. The van der Waals surface area contributed by atoms with Gasteiger partial charge in [0.2, 0.25) is 0 Å². The van der Waals surface area contributed by atoms with Gasteiger partial charge in [0.05, 0.1) is 11.1 Å². The van der Waals surface area contributed by atoms with Gasteiger partial charge in [0, 0.05) is 10.4 Å². The number of benzene rings is 1. The van der Waals surface area contributed by atoms with Crippen molar-refractivity contribution in [2.24, 2.45) is 0 Å². The summed E-state index contributed by atoms with van der Waals surface area (Å²) in [5.41, 5.74) is 11.3. The Morgan fingerprint density at radius 1 is 1.11 bits per heavy atom. The van der Waals surface area contributed by atoms with Crippen molar-refractivity contribution in [3.8, 4) is 11.3 Å². The van der Waals surface area contributed by atoms with Crippen LogP contribution in [0.4, 0.5) is 5.82 Å². The minimum absolute atomic E-state index is 0.516. The van der Waals surface area contributed by atoms with Crippen LogP contribution >= 0.6 is 11.3 Å². The molecule has 0 saturated carbocycles. The lowest BCUT2D eigenvalue weighted by Gasteiger charge is -2.10. The quantitative estimate of drug-likeness (QED) is 0.426. The van der Waals surface area contributed by atoms with Crippen molar-refractivity contribution in [2.45, 2.75) is 19.8 Å². The zero-order valence-corrected chi connectivity index (χ0v) is 16.1. The van der Waals surface area contributed by atoms with E-state index in [0.29, 0.717) is 5.82 Å². The number of rotatable bonds is 7. The fourth-order valence-electron chi connectivity index (χ4n) is 3.34. The average Bonchev–Trinajstić information content (AvgIpc) is 3.32. The first-order valence-corrected chi connectivity index (χ1v) is 10.0. The number of thiophene rings is 1. The Bertz CT molecular complexity index is 1040. The van der Waals surface area contributed by atoms with Gasteiger partial charge in [-0.25, -0.2) is 4.98 Å². The molecule has 0 aliphatic carbocycles. The smallest absolute Gasteiger partial charge is 0.158 e.